The van der Waals surface area contributed by atoms with E-state index in [1.807, 2.05) is 44.2 Å². The molecule has 0 spiro atoms. The molecule has 0 aliphatic carbocycles. The highest BCUT2D eigenvalue weighted by molar-refractivity contribution is 5.96. The van der Waals surface area contributed by atoms with Crippen LogP contribution in [0.5, 0.6) is 0 Å². The number of carbonyl (C=O) groups excluding carboxylic acids is 2. The van der Waals surface area contributed by atoms with Gasteiger partial charge in [-0.05, 0) is 17.9 Å². The third-order valence-corrected chi connectivity index (χ3v) is 3.82. The number of rotatable bonds is 9. The number of nitrogens with zero attached hydrogens (tertiary/aromatic N) is 2. The van der Waals surface area contributed by atoms with Gasteiger partial charge in [-0.25, -0.2) is 15.1 Å². The van der Waals surface area contributed by atoms with E-state index in [-0.39, 0.29) is 18.0 Å². The van der Waals surface area contributed by atoms with Crippen molar-refractivity contribution in [3.63, 3.8) is 0 Å². The molecule has 1 unspecified atom stereocenters. The first-order valence-electron chi connectivity index (χ1n) is 8.71. The predicted octanol–water partition coefficient (Wildman–Crippen LogP) is 1.80. The molecule has 2 rings (SSSR count). The molecule has 0 bridgehead atoms. The molecule has 1 aromatic heterocycles. The molecule has 2 atom stereocenters. The van der Waals surface area contributed by atoms with Crippen LogP contribution in [0.2, 0.25) is 0 Å². The monoisotopic (exact) mass is 372 g/mol. The molecule has 2 aromatic rings. The first-order chi connectivity index (χ1) is 13.0. The van der Waals surface area contributed by atoms with Gasteiger partial charge in [0.1, 0.15) is 11.7 Å². The highest BCUT2D eigenvalue weighted by atomic mass is 17.1. The minimum atomic E-state index is -0.869. The molecule has 8 heteroatoms. The topological polar surface area (TPSA) is 113 Å². The van der Waals surface area contributed by atoms with Crippen molar-refractivity contribution >= 4 is 11.8 Å². The van der Waals surface area contributed by atoms with Gasteiger partial charge in [-0.2, -0.15) is 0 Å². The van der Waals surface area contributed by atoms with Crippen LogP contribution in [0.4, 0.5) is 0 Å². The molecule has 0 aliphatic rings. The fraction of sp³-hybridized carbons (Fsp3) is 0.368. The van der Waals surface area contributed by atoms with Gasteiger partial charge in [-0.1, -0.05) is 44.2 Å². The van der Waals surface area contributed by atoms with E-state index >= 15 is 0 Å². The molecule has 27 heavy (non-hydrogen) atoms. The number of carbonyl (C=O) groups is 2. The summed E-state index contributed by atoms with van der Waals surface area (Å²) in [5.74, 6) is -0.774. The lowest BCUT2D eigenvalue weighted by molar-refractivity contribution is -0.287. The molecule has 1 heterocycles. The number of nitrogens with one attached hydrogen (secondary N) is 2. The van der Waals surface area contributed by atoms with Crippen molar-refractivity contribution in [1.82, 2.24) is 20.6 Å². The SMILES string of the molecule is CC(C)CC(NC(=O)[C@H](Cc1ccccc1)NC(=O)c1cnccn1)OO. The maximum Gasteiger partial charge on any atom is 0.272 e. The highest BCUT2D eigenvalue weighted by Crippen LogP contribution is 2.08. The Morgan fingerprint density at radius 2 is 1.89 bits per heavy atom. The Morgan fingerprint density at radius 1 is 1.15 bits per heavy atom. The van der Waals surface area contributed by atoms with Crippen LogP contribution in [0.1, 0.15) is 36.3 Å². The minimum absolute atomic E-state index is 0.112. The molecule has 3 N–H and O–H groups in total. The smallest absolute Gasteiger partial charge is 0.272 e. The van der Waals surface area contributed by atoms with Crippen LogP contribution in [0, 0.1) is 5.92 Å². The third-order valence-electron chi connectivity index (χ3n) is 3.82. The molecule has 144 valence electrons. The Kier molecular flexibility index (Phi) is 7.84. The van der Waals surface area contributed by atoms with E-state index < -0.39 is 24.1 Å². The lowest BCUT2D eigenvalue weighted by Gasteiger charge is -2.22. The van der Waals surface area contributed by atoms with Crippen molar-refractivity contribution in [3.05, 3.63) is 60.2 Å². The highest BCUT2D eigenvalue weighted by Gasteiger charge is 2.25. The zero-order valence-corrected chi connectivity index (χ0v) is 15.3. The third kappa shape index (κ3) is 6.76. The molecule has 2 amide bonds. The van der Waals surface area contributed by atoms with E-state index in [1.165, 1.54) is 18.6 Å². The second-order valence-corrected chi connectivity index (χ2v) is 6.54. The van der Waals surface area contributed by atoms with Gasteiger partial charge in [0.15, 0.2) is 6.23 Å². The van der Waals surface area contributed by atoms with Gasteiger partial charge < -0.3 is 10.6 Å². The molecule has 0 saturated heterocycles. The summed E-state index contributed by atoms with van der Waals surface area (Å²) in [7, 11) is 0. The van der Waals surface area contributed by atoms with Crippen LogP contribution < -0.4 is 10.6 Å². The van der Waals surface area contributed by atoms with Gasteiger partial charge in [0, 0.05) is 18.8 Å². The summed E-state index contributed by atoms with van der Waals surface area (Å²) < 4.78 is 0. The fourth-order valence-corrected chi connectivity index (χ4v) is 2.52. The number of benzene rings is 1. The summed E-state index contributed by atoms with van der Waals surface area (Å²) in [6, 6.07) is 8.44. The number of hydrogen-bond donors (Lipinski definition) is 3. The van der Waals surface area contributed by atoms with E-state index in [0.717, 1.165) is 5.56 Å². The number of hydrogen-bond acceptors (Lipinski definition) is 6. The summed E-state index contributed by atoms with van der Waals surface area (Å²) in [6.45, 7) is 3.88. The van der Waals surface area contributed by atoms with Crippen molar-refractivity contribution in [2.45, 2.75) is 39.0 Å². The Morgan fingerprint density at radius 3 is 2.48 bits per heavy atom. The van der Waals surface area contributed by atoms with E-state index in [0.29, 0.717) is 6.42 Å². The molecule has 1 aromatic carbocycles. The standard InChI is InChI=1S/C19H24N4O4/c1-13(2)10-17(27-26)23-18(24)15(11-14-6-4-3-5-7-14)22-19(25)16-12-20-8-9-21-16/h3-9,12-13,15,17,26H,10-11H2,1-2H3,(H,22,25)(H,23,24)/t15-,17?/m0/s1. The Balaban J connectivity index is 2.13. The summed E-state index contributed by atoms with van der Waals surface area (Å²) in [4.78, 5) is 37.3. The zero-order chi connectivity index (χ0) is 19.6. The van der Waals surface area contributed by atoms with Crippen molar-refractivity contribution in [2.24, 2.45) is 5.92 Å². The molecule has 0 radical (unpaired) electrons. The van der Waals surface area contributed by atoms with Crippen LogP contribution in [0.15, 0.2) is 48.9 Å². The number of amides is 2. The van der Waals surface area contributed by atoms with Gasteiger partial charge in [0.05, 0.1) is 6.20 Å². The van der Waals surface area contributed by atoms with E-state index in [4.69, 9.17) is 5.26 Å². The first-order valence-corrected chi connectivity index (χ1v) is 8.71. The summed E-state index contributed by atoms with van der Waals surface area (Å²) >= 11 is 0. The molecule has 0 fully saturated rings. The van der Waals surface area contributed by atoms with Crippen molar-refractivity contribution in [1.29, 1.82) is 0 Å². The van der Waals surface area contributed by atoms with Gasteiger partial charge in [0.2, 0.25) is 5.91 Å². The predicted molar refractivity (Wildman–Crippen MR) is 98.5 cm³/mol. The quantitative estimate of drug-likeness (QED) is 0.351. The average Bonchev–Trinajstić information content (AvgIpc) is 2.68. The summed E-state index contributed by atoms with van der Waals surface area (Å²) in [5, 5.41) is 14.3. The molecular weight excluding hydrogens is 348 g/mol. The van der Waals surface area contributed by atoms with Gasteiger partial charge in [-0.3, -0.25) is 14.6 Å². The van der Waals surface area contributed by atoms with Crippen LogP contribution in [0.3, 0.4) is 0 Å². The van der Waals surface area contributed by atoms with Crippen LogP contribution in [-0.4, -0.2) is 39.3 Å². The molecule has 0 aliphatic heterocycles. The van der Waals surface area contributed by atoms with Gasteiger partial charge in [-0.15, -0.1) is 0 Å². The zero-order valence-electron chi connectivity index (χ0n) is 15.3. The van der Waals surface area contributed by atoms with E-state index in [2.05, 4.69) is 25.5 Å². The Hall–Kier alpha value is -2.84. The van der Waals surface area contributed by atoms with Gasteiger partial charge in [0.25, 0.3) is 5.91 Å². The lowest BCUT2D eigenvalue weighted by Crippen LogP contribution is -2.51. The Labute approximate surface area is 157 Å². The normalized spacial score (nSPS) is 13.0. The maximum atomic E-state index is 12.7. The first kappa shape index (κ1) is 20.5. The fourth-order valence-electron chi connectivity index (χ4n) is 2.52. The molecule has 0 saturated carbocycles. The Bertz CT molecular complexity index is 725. The minimum Gasteiger partial charge on any atom is -0.339 e. The molecule has 8 nitrogen and oxygen atoms in total. The number of aromatic nitrogens is 2. The largest absolute Gasteiger partial charge is 0.339 e. The van der Waals surface area contributed by atoms with Crippen molar-refractivity contribution < 1.29 is 19.7 Å². The van der Waals surface area contributed by atoms with E-state index in [1.54, 1.807) is 0 Å². The lowest BCUT2D eigenvalue weighted by atomic mass is 10.0. The summed E-state index contributed by atoms with van der Waals surface area (Å²) in [5.41, 5.74) is 0.989. The van der Waals surface area contributed by atoms with Crippen LogP contribution in [0.25, 0.3) is 0 Å². The van der Waals surface area contributed by atoms with Crippen LogP contribution >= 0.6 is 0 Å². The molecular formula is C19H24N4O4. The maximum absolute atomic E-state index is 12.7. The van der Waals surface area contributed by atoms with Crippen molar-refractivity contribution in [2.75, 3.05) is 0 Å². The average molecular weight is 372 g/mol. The second kappa shape index (κ2) is 10.3. The van der Waals surface area contributed by atoms with Crippen LogP contribution in [-0.2, 0) is 16.1 Å². The van der Waals surface area contributed by atoms with Gasteiger partial charge >= 0.3 is 0 Å². The van der Waals surface area contributed by atoms with Crippen molar-refractivity contribution in [3.8, 4) is 0 Å². The second-order valence-electron chi connectivity index (χ2n) is 6.54. The van der Waals surface area contributed by atoms with E-state index in [9.17, 15) is 9.59 Å². The summed E-state index contributed by atoms with van der Waals surface area (Å²) in [6.07, 6.45) is 4.03.